The lowest BCUT2D eigenvalue weighted by molar-refractivity contribution is 0.0630. The van der Waals surface area contributed by atoms with Crippen molar-refractivity contribution in [2.75, 3.05) is 6.54 Å². The topological polar surface area (TPSA) is 45.3 Å². The van der Waals surface area contributed by atoms with Crippen LogP contribution in [0.15, 0.2) is 54.6 Å². The molecule has 1 atom stereocenters. The Kier molecular flexibility index (Phi) is 4.65. The number of rotatable bonds is 4. The highest BCUT2D eigenvalue weighted by atomic mass is 16.5. The molecular formula is C22H24N2O2. The summed E-state index contributed by atoms with van der Waals surface area (Å²) in [6, 6.07) is 18.3. The Morgan fingerprint density at radius 2 is 2.00 bits per heavy atom. The SMILES string of the molecule is CC1CCCCN1C(=O)c1cc2ccc(OCc3ccccc3)cc2[nH]1. The number of piperidine rings is 1. The maximum absolute atomic E-state index is 12.8. The first-order valence-electron chi connectivity index (χ1n) is 9.31. The molecule has 134 valence electrons. The number of aromatic amines is 1. The van der Waals surface area contributed by atoms with Crippen LogP contribution in [0.1, 0.15) is 42.2 Å². The van der Waals surface area contributed by atoms with Gasteiger partial charge in [0.15, 0.2) is 0 Å². The molecule has 1 unspecified atom stereocenters. The molecule has 1 saturated heterocycles. The number of ether oxygens (including phenoxy) is 1. The third-order valence-electron chi connectivity index (χ3n) is 5.14. The predicted molar refractivity (Wildman–Crippen MR) is 103 cm³/mol. The van der Waals surface area contributed by atoms with Gasteiger partial charge in [-0.15, -0.1) is 0 Å². The first-order chi connectivity index (χ1) is 12.7. The average Bonchev–Trinajstić information content (AvgIpc) is 3.10. The third kappa shape index (κ3) is 3.45. The summed E-state index contributed by atoms with van der Waals surface area (Å²) in [6.45, 7) is 3.51. The molecule has 1 aliphatic heterocycles. The van der Waals surface area contributed by atoms with Crippen LogP contribution in [-0.4, -0.2) is 28.4 Å². The smallest absolute Gasteiger partial charge is 0.270 e. The summed E-state index contributed by atoms with van der Waals surface area (Å²) in [4.78, 5) is 18.1. The van der Waals surface area contributed by atoms with Crippen molar-refractivity contribution in [2.45, 2.75) is 38.8 Å². The fraction of sp³-hybridized carbons (Fsp3) is 0.318. The molecule has 26 heavy (non-hydrogen) atoms. The lowest BCUT2D eigenvalue weighted by Gasteiger charge is -2.33. The van der Waals surface area contributed by atoms with Gasteiger partial charge in [0.05, 0.1) is 0 Å². The standard InChI is InChI=1S/C22H24N2O2/c1-16-7-5-6-12-24(16)22(25)21-13-18-10-11-19(14-20(18)23-21)26-15-17-8-3-2-4-9-17/h2-4,8-11,13-14,16,23H,5-7,12,15H2,1H3. The van der Waals surface area contributed by atoms with Gasteiger partial charge in [-0.2, -0.15) is 0 Å². The van der Waals surface area contributed by atoms with Crippen LogP contribution in [-0.2, 0) is 6.61 Å². The van der Waals surface area contributed by atoms with E-state index in [9.17, 15) is 4.79 Å². The maximum Gasteiger partial charge on any atom is 0.270 e. The van der Waals surface area contributed by atoms with Gasteiger partial charge < -0.3 is 14.6 Å². The van der Waals surface area contributed by atoms with Crippen molar-refractivity contribution >= 4 is 16.8 Å². The van der Waals surface area contributed by atoms with Gasteiger partial charge in [-0.05, 0) is 49.9 Å². The summed E-state index contributed by atoms with van der Waals surface area (Å²) >= 11 is 0. The summed E-state index contributed by atoms with van der Waals surface area (Å²) in [5.41, 5.74) is 2.73. The molecule has 0 spiro atoms. The van der Waals surface area contributed by atoms with Gasteiger partial charge in [-0.1, -0.05) is 30.3 Å². The van der Waals surface area contributed by atoms with E-state index in [2.05, 4.69) is 11.9 Å². The highest BCUT2D eigenvalue weighted by Crippen LogP contribution is 2.25. The second-order valence-corrected chi connectivity index (χ2v) is 7.05. The van der Waals surface area contributed by atoms with Gasteiger partial charge in [0.2, 0.25) is 0 Å². The minimum absolute atomic E-state index is 0.0974. The minimum Gasteiger partial charge on any atom is -0.489 e. The van der Waals surface area contributed by atoms with Crippen LogP contribution >= 0.6 is 0 Å². The number of hydrogen-bond acceptors (Lipinski definition) is 2. The van der Waals surface area contributed by atoms with E-state index in [1.165, 1.54) is 6.42 Å². The fourth-order valence-electron chi connectivity index (χ4n) is 3.61. The highest BCUT2D eigenvalue weighted by Gasteiger charge is 2.25. The Morgan fingerprint density at radius 3 is 2.81 bits per heavy atom. The largest absolute Gasteiger partial charge is 0.489 e. The normalized spacial score (nSPS) is 17.4. The number of amides is 1. The second-order valence-electron chi connectivity index (χ2n) is 7.05. The molecule has 1 N–H and O–H groups in total. The van der Waals surface area contributed by atoms with Crippen LogP contribution in [0.25, 0.3) is 10.9 Å². The van der Waals surface area contributed by atoms with E-state index in [-0.39, 0.29) is 5.91 Å². The zero-order chi connectivity index (χ0) is 17.9. The Hall–Kier alpha value is -2.75. The predicted octanol–water partition coefficient (Wildman–Crippen LogP) is 4.76. The quantitative estimate of drug-likeness (QED) is 0.739. The number of fused-ring (bicyclic) bond motifs is 1. The summed E-state index contributed by atoms with van der Waals surface area (Å²) in [5, 5.41) is 1.03. The van der Waals surface area contributed by atoms with Gasteiger partial charge in [0.1, 0.15) is 18.1 Å². The van der Waals surface area contributed by atoms with E-state index < -0.39 is 0 Å². The summed E-state index contributed by atoms with van der Waals surface area (Å²) in [5.74, 6) is 0.897. The number of nitrogens with one attached hydrogen (secondary N) is 1. The van der Waals surface area contributed by atoms with Gasteiger partial charge in [-0.25, -0.2) is 0 Å². The van der Waals surface area contributed by atoms with Crippen molar-refractivity contribution in [1.82, 2.24) is 9.88 Å². The third-order valence-corrected chi connectivity index (χ3v) is 5.14. The Morgan fingerprint density at radius 1 is 1.15 bits per heavy atom. The summed E-state index contributed by atoms with van der Waals surface area (Å²) in [7, 11) is 0. The van der Waals surface area contributed by atoms with Crippen molar-refractivity contribution in [3.8, 4) is 5.75 Å². The second kappa shape index (κ2) is 7.24. The molecule has 2 aromatic carbocycles. The lowest BCUT2D eigenvalue weighted by atomic mass is 10.0. The Bertz CT molecular complexity index is 901. The molecule has 3 aromatic rings. The highest BCUT2D eigenvalue weighted by molar-refractivity contribution is 5.98. The van der Waals surface area contributed by atoms with Crippen LogP contribution in [0.2, 0.25) is 0 Å². The molecule has 1 aliphatic rings. The molecule has 4 rings (SSSR count). The number of carbonyl (C=O) groups is 1. The van der Waals surface area contributed by atoms with E-state index in [0.717, 1.165) is 41.6 Å². The number of H-pyrrole nitrogens is 1. The fourth-order valence-corrected chi connectivity index (χ4v) is 3.61. The zero-order valence-electron chi connectivity index (χ0n) is 15.1. The van der Waals surface area contributed by atoms with Crippen LogP contribution in [0.3, 0.4) is 0 Å². The van der Waals surface area contributed by atoms with Crippen molar-refractivity contribution in [2.24, 2.45) is 0 Å². The van der Waals surface area contributed by atoms with Gasteiger partial charge in [0.25, 0.3) is 5.91 Å². The first kappa shape index (κ1) is 16.7. The number of nitrogens with zero attached hydrogens (tertiary/aromatic N) is 1. The van der Waals surface area contributed by atoms with Gasteiger partial charge >= 0.3 is 0 Å². The van der Waals surface area contributed by atoms with E-state index in [1.807, 2.05) is 59.5 Å². The van der Waals surface area contributed by atoms with Crippen LogP contribution in [0.5, 0.6) is 5.75 Å². The average molecular weight is 348 g/mol. The van der Waals surface area contributed by atoms with E-state index in [0.29, 0.717) is 18.3 Å². The van der Waals surface area contributed by atoms with Crippen LogP contribution in [0.4, 0.5) is 0 Å². The number of aromatic nitrogens is 1. The van der Waals surface area contributed by atoms with Gasteiger partial charge in [0, 0.05) is 29.6 Å². The summed E-state index contributed by atoms with van der Waals surface area (Å²) < 4.78 is 5.89. The molecule has 0 bridgehead atoms. The molecule has 0 radical (unpaired) electrons. The maximum atomic E-state index is 12.8. The molecule has 1 amide bonds. The van der Waals surface area contributed by atoms with Crippen LogP contribution in [0, 0.1) is 0 Å². The van der Waals surface area contributed by atoms with Crippen molar-refractivity contribution in [3.05, 3.63) is 65.9 Å². The van der Waals surface area contributed by atoms with Gasteiger partial charge in [-0.3, -0.25) is 4.79 Å². The first-order valence-corrected chi connectivity index (χ1v) is 9.31. The molecule has 1 aromatic heterocycles. The molecule has 4 nitrogen and oxygen atoms in total. The lowest BCUT2D eigenvalue weighted by Crippen LogP contribution is -2.42. The van der Waals surface area contributed by atoms with E-state index >= 15 is 0 Å². The monoisotopic (exact) mass is 348 g/mol. The van der Waals surface area contributed by atoms with Crippen molar-refractivity contribution < 1.29 is 9.53 Å². The number of carbonyl (C=O) groups excluding carboxylic acids is 1. The zero-order valence-corrected chi connectivity index (χ0v) is 15.1. The molecule has 4 heteroatoms. The molecule has 1 fully saturated rings. The van der Waals surface area contributed by atoms with E-state index in [1.54, 1.807) is 0 Å². The summed E-state index contributed by atoms with van der Waals surface area (Å²) in [6.07, 6.45) is 3.39. The molecular weight excluding hydrogens is 324 g/mol. The number of benzene rings is 2. The molecule has 0 saturated carbocycles. The number of hydrogen-bond donors (Lipinski definition) is 1. The Labute approximate surface area is 153 Å². The van der Waals surface area contributed by atoms with E-state index in [4.69, 9.17) is 4.74 Å². The Balaban J connectivity index is 1.51. The minimum atomic E-state index is 0.0974. The molecule has 0 aliphatic carbocycles. The number of likely N-dealkylation sites (tertiary alicyclic amines) is 1. The van der Waals surface area contributed by atoms with Crippen molar-refractivity contribution in [3.63, 3.8) is 0 Å². The van der Waals surface area contributed by atoms with Crippen LogP contribution < -0.4 is 4.74 Å². The molecule has 2 heterocycles. The van der Waals surface area contributed by atoms with Crippen molar-refractivity contribution in [1.29, 1.82) is 0 Å².